The van der Waals surface area contributed by atoms with Crippen molar-refractivity contribution in [3.63, 3.8) is 0 Å². The number of benzene rings is 1. The Morgan fingerprint density at radius 2 is 1.87 bits per heavy atom. The van der Waals surface area contributed by atoms with Gasteiger partial charge in [0.1, 0.15) is 5.69 Å². The van der Waals surface area contributed by atoms with E-state index in [1.165, 1.54) is 18.9 Å². The van der Waals surface area contributed by atoms with Gasteiger partial charge in [-0.05, 0) is 41.3 Å². The summed E-state index contributed by atoms with van der Waals surface area (Å²) in [5.74, 6) is -0.222. The molecule has 0 spiro atoms. The first-order valence-electron chi connectivity index (χ1n) is 7.42. The molecule has 0 radical (unpaired) electrons. The van der Waals surface area contributed by atoms with E-state index in [0.29, 0.717) is 18.0 Å². The van der Waals surface area contributed by atoms with Gasteiger partial charge in [0.05, 0.1) is 7.11 Å². The van der Waals surface area contributed by atoms with Crippen molar-refractivity contribution in [1.29, 1.82) is 0 Å². The molecule has 1 N–H and O–H groups in total. The van der Waals surface area contributed by atoms with Gasteiger partial charge in [-0.15, -0.1) is 0 Å². The average molecular weight is 312 g/mol. The summed E-state index contributed by atoms with van der Waals surface area (Å²) in [6.07, 6.45) is 1.52. The zero-order valence-electron chi connectivity index (χ0n) is 13.5. The van der Waals surface area contributed by atoms with Crippen LogP contribution < -0.4 is 5.32 Å². The SMILES string of the molecule is COC(=O)c1cc(CNC(=O)c2ccc(C(C)C)cc2)ccn1. The summed E-state index contributed by atoms with van der Waals surface area (Å²) >= 11 is 0. The van der Waals surface area contributed by atoms with Crippen LogP contribution in [-0.2, 0) is 11.3 Å². The fourth-order valence-corrected chi connectivity index (χ4v) is 2.10. The van der Waals surface area contributed by atoms with Crippen molar-refractivity contribution < 1.29 is 14.3 Å². The second-order valence-corrected chi connectivity index (χ2v) is 5.50. The van der Waals surface area contributed by atoms with E-state index in [0.717, 1.165) is 5.56 Å². The van der Waals surface area contributed by atoms with Crippen LogP contribution in [0.2, 0.25) is 0 Å². The number of rotatable bonds is 5. The number of esters is 1. The Morgan fingerprint density at radius 3 is 2.48 bits per heavy atom. The summed E-state index contributed by atoms with van der Waals surface area (Å²) in [5, 5.41) is 2.83. The third kappa shape index (κ3) is 4.39. The highest BCUT2D eigenvalue weighted by atomic mass is 16.5. The molecule has 0 aliphatic rings. The highest BCUT2D eigenvalue weighted by molar-refractivity contribution is 5.94. The maximum Gasteiger partial charge on any atom is 0.356 e. The number of hydrogen-bond donors (Lipinski definition) is 1. The van der Waals surface area contributed by atoms with Gasteiger partial charge in [-0.2, -0.15) is 0 Å². The molecule has 2 aromatic rings. The Morgan fingerprint density at radius 1 is 1.17 bits per heavy atom. The molecular weight excluding hydrogens is 292 g/mol. The minimum absolute atomic E-state index is 0.156. The lowest BCUT2D eigenvalue weighted by atomic mass is 10.0. The largest absolute Gasteiger partial charge is 0.464 e. The molecule has 2 rings (SSSR count). The molecule has 5 nitrogen and oxygen atoms in total. The van der Waals surface area contributed by atoms with E-state index in [1.54, 1.807) is 12.1 Å². The van der Waals surface area contributed by atoms with Crippen LogP contribution in [0.25, 0.3) is 0 Å². The Hall–Kier alpha value is -2.69. The van der Waals surface area contributed by atoms with Gasteiger partial charge in [0.2, 0.25) is 0 Å². The van der Waals surface area contributed by atoms with Crippen LogP contribution in [-0.4, -0.2) is 24.0 Å². The molecular formula is C18H20N2O3. The quantitative estimate of drug-likeness (QED) is 0.862. The van der Waals surface area contributed by atoms with Gasteiger partial charge in [-0.25, -0.2) is 9.78 Å². The lowest BCUT2D eigenvalue weighted by molar-refractivity contribution is 0.0594. The molecule has 0 atom stereocenters. The van der Waals surface area contributed by atoms with E-state index < -0.39 is 5.97 Å². The number of ether oxygens (including phenoxy) is 1. The van der Waals surface area contributed by atoms with Gasteiger partial charge in [0.15, 0.2) is 0 Å². The zero-order valence-corrected chi connectivity index (χ0v) is 13.5. The molecule has 5 heteroatoms. The first-order chi connectivity index (χ1) is 11.0. The number of methoxy groups -OCH3 is 1. The third-order valence-electron chi connectivity index (χ3n) is 3.51. The van der Waals surface area contributed by atoms with Crippen LogP contribution in [0.3, 0.4) is 0 Å². The maximum atomic E-state index is 12.2. The van der Waals surface area contributed by atoms with Crippen molar-refractivity contribution in [2.24, 2.45) is 0 Å². The molecule has 0 aliphatic carbocycles. The van der Waals surface area contributed by atoms with Gasteiger partial charge in [0, 0.05) is 18.3 Å². The summed E-state index contributed by atoms with van der Waals surface area (Å²) in [7, 11) is 1.30. The number of pyridine rings is 1. The lowest BCUT2D eigenvalue weighted by Gasteiger charge is -2.08. The van der Waals surface area contributed by atoms with Crippen molar-refractivity contribution in [1.82, 2.24) is 10.3 Å². The molecule has 0 saturated heterocycles. The van der Waals surface area contributed by atoms with E-state index in [1.807, 2.05) is 24.3 Å². The normalized spacial score (nSPS) is 10.4. The van der Waals surface area contributed by atoms with Gasteiger partial charge >= 0.3 is 5.97 Å². The number of nitrogens with zero attached hydrogens (tertiary/aromatic N) is 1. The monoisotopic (exact) mass is 312 g/mol. The van der Waals surface area contributed by atoms with Crippen LogP contribution in [0.4, 0.5) is 0 Å². The van der Waals surface area contributed by atoms with Crippen LogP contribution >= 0.6 is 0 Å². The van der Waals surface area contributed by atoms with Gasteiger partial charge in [-0.1, -0.05) is 26.0 Å². The number of aromatic nitrogens is 1. The first-order valence-corrected chi connectivity index (χ1v) is 7.42. The van der Waals surface area contributed by atoms with E-state index in [4.69, 9.17) is 0 Å². The molecule has 120 valence electrons. The first kappa shape index (κ1) is 16.7. The van der Waals surface area contributed by atoms with E-state index in [2.05, 4.69) is 28.9 Å². The topological polar surface area (TPSA) is 68.3 Å². The summed E-state index contributed by atoms with van der Waals surface area (Å²) in [4.78, 5) is 27.5. The molecule has 1 heterocycles. The molecule has 0 fully saturated rings. The Kier molecular flexibility index (Phi) is 5.46. The predicted octanol–water partition coefficient (Wildman–Crippen LogP) is 2.92. The summed E-state index contributed by atoms with van der Waals surface area (Å²) in [6.45, 7) is 4.53. The van der Waals surface area contributed by atoms with Crippen molar-refractivity contribution in [3.8, 4) is 0 Å². The van der Waals surface area contributed by atoms with E-state index >= 15 is 0 Å². The highest BCUT2D eigenvalue weighted by Gasteiger charge is 2.09. The molecule has 0 aliphatic heterocycles. The smallest absolute Gasteiger partial charge is 0.356 e. The molecule has 1 aromatic carbocycles. The number of nitrogens with one attached hydrogen (secondary N) is 1. The number of amides is 1. The van der Waals surface area contributed by atoms with Crippen LogP contribution in [0, 0.1) is 0 Å². The van der Waals surface area contributed by atoms with Gasteiger partial charge < -0.3 is 10.1 Å². The number of carbonyl (C=O) groups is 2. The third-order valence-corrected chi connectivity index (χ3v) is 3.51. The number of carbonyl (C=O) groups excluding carboxylic acids is 2. The second kappa shape index (κ2) is 7.54. The molecule has 1 aromatic heterocycles. The molecule has 1 amide bonds. The minimum atomic E-state index is -0.498. The van der Waals surface area contributed by atoms with E-state index in [9.17, 15) is 9.59 Å². The van der Waals surface area contributed by atoms with Crippen LogP contribution in [0.15, 0.2) is 42.6 Å². The lowest BCUT2D eigenvalue weighted by Crippen LogP contribution is -2.23. The highest BCUT2D eigenvalue weighted by Crippen LogP contribution is 2.14. The zero-order chi connectivity index (χ0) is 16.8. The standard InChI is InChI=1S/C18H20N2O3/c1-12(2)14-4-6-15(7-5-14)17(21)20-11-13-8-9-19-16(10-13)18(22)23-3/h4-10,12H,11H2,1-3H3,(H,20,21). The van der Waals surface area contributed by atoms with Crippen molar-refractivity contribution in [2.45, 2.75) is 26.3 Å². The van der Waals surface area contributed by atoms with Crippen molar-refractivity contribution in [3.05, 3.63) is 65.0 Å². The van der Waals surface area contributed by atoms with Gasteiger partial charge in [-0.3, -0.25) is 4.79 Å². The summed E-state index contributed by atoms with van der Waals surface area (Å²) in [6, 6.07) is 10.9. The Balaban J connectivity index is 2.00. The second-order valence-electron chi connectivity index (χ2n) is 5.50. The predicted molar refractivity (Wildman–Crippen MR) is 87.3 cm³/mol. The average Bonchev–Trinajstić information content (AvgIpc) is 2.59. The molecule has 0 saturated carbocycles. The summed E-state index contributed by atoms with van der Waals surface area (Å²) < 4.78 is 4.63. The van der Waals surface area contributed by atoms with Gasteiger partial charge in [0.25, 0.3) is 5.91 Å². The van der Waals surface area contributed by atoms with Crippen molar-refractivity contribution >= 4 is 11.9 Å². The molecule has 0 unspecified atom stereocenters. The summed E-state index contributed by atoms with van der Waals surface area (Å²) in [5.41, 5.74) is 2.81. The molecule has 0 bridgehead atoms. The Bertz CT molecular complexity index is 694. The maximum absolute atomic E-state index is 12.2. The van der Waals surface area contributed by atoms with Crippen molar-refractivity contribution in [2.75, 3.05) is 7.11 Å². The fraction of sp³-hybridized carbons (Fsp3) is 0.278. The fourth-order valence-electron chi connectivity index (χ4n) is 2.10. The van der Waals surface area contributed by atoms with E-state index in [-0.39, 0.29) is 11.6 Å². The van der Waals surface area contributed by atoms with Crippen LogP contribution in [0.1, 0.15) is 51.7 Å². The Labute approximate surface area is 135 Å². The van der Waals surface area contributed by atoms with Crippen LogP contribution in [0.5, 0.6) is 0 Å². The number of hydrogen-bond acceptors (Lipinski definition) is 4. The minimum Gasteiger partial charge on any atom is -0.464 e. The molecule has 23 heavy (non-hydrogen) atoms.